The first-order valence-electron chi connectivity index (χ1n) is 8.87. The minimum Gasteiger partial charge on any atom is -0.316 e. The average Bonchev–Trinajstić information content (AvgIpc) is 2.99. The monoisotopic (exact) mass is 314 g/mol. The molecule has 2 atom stereocenters. The Bertz CT molecular complexity index is 426. The van der Waals surface area contributed by atoms with Crippen LogP contribution >= 0.6 is 0 Å². The predicted octanol–water partition coefficient (Wildman–Crippen LogP) is 2.36. The third-order valence-electron chi connectivity index (χ3n) is 5.66. The van der Waals surface area contributed by atoms with E-state index in [2.05, 4.69) is 5.32 Å². The molecular weight excluding hydrogens is 284 g/mol. The molecule has 2 unspecified atom stereocenters. The molecule has 0 radical (unpaired) electrons. The molecule has 0 aromatic heterocycles. The topological polar surface area (TPSA) is 49.4 Å². The minimum atomic E-state index is -3.05. The van der Waals surface area contributed by atoms with Gasteiger partial charge in [0, 0.05) is 12.6 Å². The first-order valence-corrected chi connectivity index (χ1v) is 10.5. The van der Waals surface area contributed by atoms with Crippen molar-refractivity contribution >= 4 is 10.0 Å². The fourth-order valence-corrected chi connectivity index (χ4v) is 6.75. The lowest BCUT2D eigenvalue weighted by Crippen LogP contribution is -2.46. The fourth-order valence-electron chi connectivity index (χ4n) is 4.54. The van der Waals surface area contributed by atoms with Crippen LogP contribution in [0.1, 0.15) is 57.8 Å². The summed E-state index contributed by atoms with van der Waals surface area (Å²) in [4.78, 5) is 0. The molecule has 21 heavy (non-hydrogen) atoms. The van der Waals surface area contributed by atoms with E-state index in [0.717, 1.165) is 45.3 Å². The summed E-state index contributed by atoms with van der Waals surface area (Å²) in [6.07, 6.45) is 10.4. The maximum Gasteiger partial charge on any atom is 0.214 e. The molecule has 3 fully saturated rings. The molecule has 2 saturated heterocycles. The molecule has 0 aromatic rings. The van der Waals surface area contributed by atoms with Crippen molar-refractivity contribution in [3.8, 4) is 0 Å². The molecule has 1 saturated carbocycles. The highest BCUT2D eigenvalue weighted by Gasteiger charge is 2.39. The van der Waals surface area contributed by atoms with Gasteiger partial charge in [-0.15, -0.1) is 0 Å². The van der Waals surface area contributed by atoms with E-state index in [0.29, 0.717) is 17.6 Å². The standard InChI is InChI=1S/C16H30N2O2S/c19-21(20,13-14-6-2-1-3-7-14)18-11-5-9-16(18)15-8-4-10-17-12-15/h14-17H,1-13H2. The predicted molar refractivity (Wildman–Crippen MR) is 85.7 cm³/mol. The molecule has 5 heteroatoms. The Morgan fingerprint density at radius 3 is 2.48 bits per heavy atom. The molecule has 3 aliphatic rings. The molecule has 122 valence electrons. The van der Waals surface area contributed by atoms with Gasteiger partial charge in [0.1, 0.15) is 0 Å². The van der Waals surface area contributed by atoms with Crippen LogP contribution in [-0.2, 0) is 10.0 Å². The van der Waals surface area contributed by atoms with Crippen molar-refractivity contribution in [2.24, 2.45) is 11.8 Å². The highest BCUT2D eigenvalue weighted by atomic mass is 32.2. The molecule has 0 bridgehead atoms. The van der Waals surface area contributed by atoms with Crippen LogP contribution < -0.4 is 5.32 Å². The molecular formula is C16H30N2O2S. The van der Waals surface area contributed by atoms with Crippen molar-refractivity contribution < 1.29 is 8.42 Å². The van der Waals surface area contributed by atoms with Gasteiger partial charge in [-0.3, -0.25) is 0 Å². The van der Waals surface area contributed by atoms with Crippen LogP contribution in [0.25, 0.3) is 0 Å². The number of nitrogens with one attached hydrogen (secondary N) is 1. The van der Waals surface area contributed by atoms with Crippen LogP contribution in [0.2, 0.25) is 0 Å². The second-order valence-electron chi connectivity index (χ2n) is 7.21. The van der Waals surface area contributed by atoms with Crippen LogP contribution in [0.4, 0.5) is 0 Å². The summed E-state index contributed by atoms with van der Waals surface area (Å²) in [7, 11) is -3.05. The van der Waals surface area contributed by atoms with Crippen molar-refractivity contribution in [3.05, 3.63) is 0 Å². The van der Waals surface area contributed by atoms with E-state index in [1.807, 2.05) is 4.31 Å². The molecule has 4 nitrogen and oxygen atoms in total. The van der Waals surface area contributed by atoms with Crippen LogP contribution in [0.15, 0.2) is 0 Å². The third kappa shape index (κ3) is 3.80. The van der Waals surface area contributed by atoms with E-state index < -0.39 is 10.0 Å². The summed E-state index contributed by atoms with van der Waals surface area (Å²) >= 11 is 0. The van der Waals surface area contributed by atoms with Gasteiger partial charge in [0.2, 0.25) is 10.0 Å². The molecule has 2 heterocycles. The number of nitrogens with zero attached hydrogens (tertiary/aromatic N) is 1. The van der Waals surface area contributed by atoms with Crippen molar-refractivity contribution in [3.63, 3.8) is 0 Å². The Morgan fingerprint density at radius 2 is 1.76 bits per heavy atom. The van der Waals surface area contributed by atoms with Gasteiger partial charge in [0.15, 0.2) is 0 Å². The van der Waals surface area contributed by atoms with Gasteiger partial charge in [-0.1, -0.05) is 19.3 Å². The van der Waals surface area contributed by atoms with Gasteiger partial charge in [-0.05, 0) is 63.5 Å². The number of hydrogen-bond acceptors (Lipinski definition) is 3. The third-order valence-corrected chi connectivity index (χ3v) is 7.72. The normalized spacial score (nSPS) is 33.3. The van der Waals surface area contributed by atoms with E-state index in [4.69, 9.17) is 0 Å². The van der Waals surface area contributed by atoms with Crippen molar-refractivity contribution in [2.75, 3.05) is 25.4 Å². The molecule has 0 aromatic carbocycles. The van der Waals surface area contributed by atoms with Crippen LogP contribution in [0.3, 0.4) is 0 Å². The van der Waals surface area contributed by atoms with E-state index in [1.54, 1.807) is 0 Å². The second-order valence-corrected chi connectivity index (χ2v) is 9.18. The molecule has 1 N–H and O–H groups in total. The summed E-state index contributed by atoms with van der Waals surface area (Å²) in [6, 6.07) is 0.270. The minimum absolute atomic E-state index is 0.270. The van der Waals surface area contributed by atoms with Gasteiger partial charge < -0.3 is 5.32 Å². The summed E-state index contributed by atoms with van der Waals surface area (Å²) in [5, 5.41) is 3.44. The first kappa shape index (κ1) is 15.8. The Labute approximate surface area is 129 Å². The second kappa shape index (κ2) is 6.97. The largest absolute Gasteiger partial charge is 0.316 e. The maximum absolute atomic E-state index is 12.9. The van der Waals surface area contributed by atoms with Crippen LogP contribution in [-0.4, -0.2) is 44.2 Å². The SMILES string of the molecule is O=S(=O)(CC1CCCCC1)N1CCCC1C1CCCNC1. The zero-order valence-electron chi connectivity index (χ0n) is 13.1. The Balaban J connectivity index is 1.64. The van der Waals surface area contributed by atoms with Gasteiger partial charge in [0.05, 0.1) is 5.75 Å². The smallest absolute Gasteiger partial charge is 0.214 e. The van der Waals surface area contributed by atoms with Crippen molar-refractivity contribution in [1.29, 1.82) is 0 Å². The molecule has 2 aliphatic heterocycles. The Hall–Kier alpha value is -0.130. The molecule has 0 spiro atoms. The van der Waals surface area contributed by atoms with Crippen LogP contribution in [0, 0.1) is 11.8 Å². The highest BCUT2D eigenvalue weighted by molar-refractivity contribution is 7.89. The van der Waals surface area contributed by atoms with Crippen LogP contribution in [0.5, 0.6) is 0 Å². The zero-order chi connectivity index (χ0) is 14.7. The van der Waals surface area contributed by atoms with Gasteiger partial charge >= 0.3 is 0 Å². The first-order chi connectivity index (χ1) is 10.2. The quantitative estimate of drug-likeness (QED) is 0.866. The molecule has 1 aliphatic carbocycles. The van der Waals surface area contributed by atoms with Gasteiger partial charge in [-0.25, -0.2) is 8.42 Å². The zero-order valence-corrected chi connectivity index (χ0v) is 13.9. The number of hydrogen-bond donors (Lipinski definition) is 1. The lowest BCUT2D eigenvalue weighted by molar-refractivity contribution is 0.237. The number of piperidine rings is 1. The Kier molecular flexibility index (Phi) is 5.23. The summed E-state index contributed by atoms with van der Waals surface area (Å²) in [5.41, 5.74) is 0. The maximum atomic E-state index is 12.9. The van der Waals surface area contributed by atoms with Crippen molar-refractivity contribution in [1.82, 2.24) is 9.62 Å². The fraction of sp³-hybridized carbons (Fsp3) is 1.00. The number of sulfonamides is 1. The van der Waals surface area contributed by atoms with Gasteiger partial charge in [-0.2, -0.15) is 4.31 Å². The lowest BCUT2D eigenvalue weighted by Gasteiger charge is -2.34. The van der Waals surface area contributed by atoms with E-state index >= 15 is 0 Å². The average molecular weight is 314 g/mol. The van der Waals surface area contributed by atoms with E-state index in [1.165, 1.54) is 32.1 Å². The summed E-state index contributed by atoms with van der Waals surface area (Å²) in [5.74, 6) is 1.35. The van der Waals surface area contributed by atoms with Gasteiger partial charge in [0.25, 0.3) is 0 Å². The molecule has 0 amide bonds. The van der Waals surface area contributed by atoms with E-state index in [9.17, 15) is 8.42 Å². The highest BCUT2D eigenvalue weighted by Crippen LogP contribution is 2.33. The Morgan fingerprint density at radius 1 is 0.952 bits per heavy atom. The number of rotatable bonds is 4. The molecule has 3 rings (SSSR count). The summed E-state index contributed by atoms with van der Waals surface area (Å²) < 4.78 is 27.6. The summed E-state index contributed by atoms with van der Waals surface area (Å²) in [6.45, 7) is 2.86. The lowest BCUT2D eigenvalue weighted by atomic mass is 9.91. The van der Waals surface area contributed by atoms with E-state index in [-0.39, 0.29) is 6.04 Å². The van der Waals surface area contributed by atoms with Crippen molar-refractivity contribution in [2.45, 2.75) is 63.8 Å².